The molecular formula is C11H17NO2. The molecule has 0 aromatic carbocycles. The van der Waals surface area contributed by atoms with Gasteiger partial charge < -0.3 is 10.2 Å². The molecule has 14 heavy (non-hydrogen) atoms. The van der Waals surface area contributed by atoms with Gasteiger partial charge in [0.25, 0.3) is 0 Å². The van der Waals surface area contributed by atoms with Crippen molar-refractivity contribution in [3.63, 3.8) is 0 Å². The third-order valence-corrected chi connectivity index (χ3v) is 2.27. The Hall–Kier alpha value is -1.09. The SMILES string of the molecule is CC(C)C(N)CC(=O)Cc1ccco1. The number of nitrogens with two attached hydrogens (primary N) is 1. The van der Waals surface area contributed by atoms with Gasteiger partial charge in [0.05, 0.1) is 12.7 Å². The Morgan fingerprint density at radius 1 is 1.57 bits per heavy atom. The van der Waals surface area contributed by atoms with E-state index in [-0.39, 0.29) is 11.8 Å². The summed E-state index contributed by atoms with van der Waals surface area (Å²) < 4.78 is 5.08. The zero-order valence-corrected chi connectivity index (χ0v) is 8.69. The first kappa shape index (κ1) is 11.0. The highest BCUT2D eigenvalue weighted by Crippen LogP contribution is 2.07. The lowest BCUT2D eigenvalue weighted by molar-refractivity contribution is -0.119. The lowest BCUT2D eigenvalue weighted by atomic mass is 9.98. The largest absolute Gasteiger partial charge is 0.469 e. The van der Waals surface area contributed by atoms with Crippen molar-refractivity contribution in [3.8, 4) is 0 Å². The minimum absolute atomic E-state index is 0.0440. The van der Waals surface area contributed by atoms with Gasteiger partial charge in [-0.25, -0.2) is 0 Å². The van der Waals surface area contributed by atoms with Gasteiger partial charge in [-0.3, -0.25) is 4.79 Å². The summed E-state index contributed by atoms with van der Waals surface area (Å²) in [6.07, 6.45) is 2.36. The minimum atomic E-state index is -0.0440. The average molecular weight is 195 g/mol. The van der Waals surface area contributed by atoms with Crippen molar-refractivity contribution in [3.05, 3.63) is 24.2 Å². The van der Waals surface area contributed by atoms with Gasteiger partial charge in [0.2, 0.25) is 0 Å². The van der Waals surface area contributed by atoms with Crippen molar-refractivity contribution >= 4 is 5.78 Å². The fraction of sp³-hybridized carbons (Fsp3) is 0.545. The molecule has 0 saturated carbocycles. The number of ketones is 1. The summed E-state index contributed by atoms with van der Waals surface area (Å²) in [6.45, 7) is 4.04. The van der Waals surface area contributed by atoms with Crippen LogP contribution in [0.15, 0.2) is 22.8 Å². The Labute approximate surface area is 84.3 Å². The molecule has 0 aliphatic rings. The molecule has 2 N–H and O–H groups in total. The maximum Gasteiger partial charge on any atom is 0.141 e. The summed E-state index contributed by atoms with van der Waals surface area (Å²) in [5, 5.41) is 0. The van der Waals surface area contributed by atoms with Crippen molar-refractivity contribution in [2.24, 2.45) is 11.7 Å². The topological polar surface area (TPSA) is 56.2 Å². The summed E-state index contributed by atoms with van der Waals surface area (Å²) in [4.78, 5) is 11.5. The number of Topliss-reactive ketones (excluding diaryl/α,β-unsaturated/α-hetero) is 1. The quantitative estimate of drug-likeness (QED) is 0.779. The third-order valence-electron chi connectivity index (χ3n) is 2.27. The van der Waals surface area contributed by atoms with Gasteiger partial charge in [0.1, 0.15) is 11.5 Å². The molecule has 0 radical (unpaired) electrons. The average Bonchev–Trinajstić information content (AvgIpc) is 2.56. The van der Waals surface area contributed by atoms with Crippen LogP contribution in [-0.4, -0.2) is 11.8 Å². The summed E-state index contributed by atoms with van der Waals surface area (Å²) in [5.41, 5.74) is 5.79. The number of carbonyl (C=O) groups excluding carboxylic acids is 1. The van der Waals surface area contributed by atoms with E-state index in [1.807, 2.05) is 13.8 Å². The van der Waals surface area contributed by atoms with E-state index in [9.17, 15) is 4.79 Å². The maximum absolute atomic E-state index is 11.5. The Morgan fingerprint density at radius 2 is 2.29 bits per heavy atom. The molecule has 0 aliphatic heterocycles. The van der Waals surface area contributed by atoms with Crippen LogP contribution in [0.1, 0.15) is 26.0 Å². The van der Waals surface area contributed by atoms with E-state index in [0.29, 0.717) is 24.5 Å². The van der Waals surface area contributed by atoms with Crippen LogP contribution in [0.4, 0.5) is 0 Å². The Morgan fingerprint density at radius 3 is 2.79 bits per heavy atom. The maximum atomic E-state index is 11.5. The van der Waals surface area contributed by atoms with Gasteiger partial charge in [-0.05, 0) is 18.1 Å². The van der Waals surface area contributed by atoms with E-state index in [2.05, 4.69) is 0 Å². The smallest absolute Gasteiger partial charge is 0.141 e. The molecule has 0 amide bonds. The fourth-order valence-electron chi connectivity index (χ4n) is 1.18. The second kappa shape index (κ2) is 4.96. The van der Waals surface area contributed by atoms with Gasteiger partial charge in [-0.1, -0.05) is 13.8 Å². The summed E-state index contributed by atoms with van der Waals surface area (Å²) in [6, 6.07) is 3.54. The van der Waals surface area contributed by atoms with Crippen molar-refractivity contribution in [1.29, 1.82) is 0 Å². The first-order valence-electron chi connectivity index (χ1n) is 4.89. The number of hydrogen-bond acceptors (Lipinski definition) is 3. The minimum Gasteiger partial charge on any atom is -0.469 e. The molecular weight excluding hydrogens is 178 g/mol. The van der Waals surface area contributed by atoms with Gasteiger partial charge in [0, 0.05) is 12.5 Å². The van der Waals surface area contributed by atoms with Gasteiger partial charge in [-0.2, -0.15) is 0 Å². The predicted octanol–water partition coefficient (Wildman–Crippen LogP) is 1.76. The lowest BCUT2D eigenvalue weighted by Gasteiger charge is -2.13. The predicted molar refractivity (Wildman–Crippen MR) is 54.8 cm³/mol. The van der Waals surface area contributed by atoms with Crippen LogP contribution in [0.25, 0.3) is 0 Å². The lowest BCUT2D eigenvalue weighted by Crippen LogP contribution is -2.29. The molecule has 0 spiro atoms. The van der Waals surface area contributed by atoms with E-state index in [0.717, 1.165) is 0 Å². The molecule has 1 rings (SSSR count). The van der Waals surface area contributed by atoms with Crippen LogP contribution in [0.5, 0.6) is 0 Å². The molecule has 0 bridgehead atoms. The van der Waals surface area contributed by atoms with Crippen LogP contribution in [0.2, 0.25) is 0 Å². The summed E-state index contributed by atoms with van der Waals surface area (Å²) >= 11 is 0. The monoisotopic (exact) mass is 195 g/mol. The molecule has 1 unspecified atom stereocenters. The highest BCUT2D eigenvalue weighted by atomic mass is 16.3. The summed E-state index contributed by atoms with van der Waals surface area (Å²) in [5.74, 6) is 1.20. The molecule has 0 fully saturated rings. The fourth-order valence-corrected chi connectivity index (χ4v) is 1.18. The Balaban J connectivity index is 2.36. The van der Waals surface area contributed by atoms with Crippen LogP contribution < -0.4 is 5.73 Å². The number of furan rings is 1. The van der Waals surface area contributed by atoms with Gasteiger partial charge >= 0.3 is 0 Å². The van der Waals surface area contributed by atoms with Crippen LogP contribution in [-0.2, 0) is 11.2 Å². The van der Waals surface area contributed by atoms with E-state index in [4.69, 9.17) is 10.2 Å². The van der Waals surface area contributed by atoms with Crippen molar-refractivity contribution in [2.75, 3.05) is 0 Å². The number of rotatable bonds is 5. The molecule has 1 aromatic rings. The molecule has 0 saturated heterocycles. The first-order chi connectivity index (χ1) is 6.59. The highest BCUT2D eigenvalue weighted by molar-refractivity contribution is 5.80. The van der Waals surface area contributed by atoms with Gasteiger partial charge in [-0.15, -0.1) is 0 Å². The van der Waals surface area contributed by atoms with Crippen LogP contribution in [0.3, 0.4) is 0 Å². The molecule has 1 heterocycles. The molecule has 1 aromatic heterocycles. The van der Waals surface area contributed by atoms with Crippen LogP contribution >= 0.6 is 0 Å². The second-order valence-corrected chi connectivity index (χ2v) is 3.91. The van der Waals surface area contributed by atoms with Crippen LogP contribution in [0, 0.1) is 5.92 Å². The zero-order chi connectivity index (χ0) is 10.6. The first-order valence-corrected chi connectivity index (χ1v) is 4.89. The van der Waals surface area contributed by atoms with E-state index >= 15 is 0 Å². The molecule has 3 nitrogen and oxygen atoms in total. The van der Waals surface area contributed by atoms with E-state index in [1.54, 1.807) is 18.4 Å². The summed E-state index contributed by atoms with van der Waals surface area (Å²) in [7, 11) is 0. The van der Waals surface area contributed by atoms with Gasteiger partial charge in [0.15, 0.2) is 0 Å². The Bertz CT molecular complexity index is 277. The van der Waals surface area contributed by atoms with Crippen molar-refractivity contribution in [1.82, 2.24) is 0 Å². The van der Waals surface area contributed by atoms with E-state index in [1.165, 1.54) is 0 Å². The zero-order valence-electron chi connectivity index (χ0n) is 8.69. The molecule has 78 valence electrons. The highest BCUT2D eigenvalue weighted by Gasteiger charge is 2.13. The second-order valence-electron chi connectivity index (χ2n) is 3.91. The van der Waals surface area contributed by atoms with Crippen molar-refractivity contribution < 1.29 is 9.21 Å². The molecule has 1 atom stereocenters. The third kappa shape index (κ3) is 3.34. The standard InChI is InChI=1S/C11H17NO2/c1-8(2)11(12)7-9(13)6-10-4-3-5-14-10/h3-5,8,11H,6-7,12H2,1-2H3. The normalized spacial score (nSPS) is 13.1. The molecule has 3 heteroatoms. The number of hydrogen-bond donors (Lipinski definition) is 1. The van der Waals surface area contributed by atoms with E-state index < -0.39 is 0 Å². The Kier molecular flexibility index (Phi) is 3.89. The van der Waals surface area contributed by atoms with Crippen molar-refractivity contribution in [2.45, 2.75) is 32.7 Å². The molecule has 0 aliphatic carbocycles. The number of carbonyl (C=O) groups is 1.